The van der Waals surface area contributed by atoms with Gasteiger partial charge in [0.25, 0.3) is 0 Å². The molecule has 1 fully saturated rings. The van der Waals surface area contributed by atoms with Gasteiger partial charge in [0.2, 0.25) is 5.88 Å². The number of aliphatic hydroxyl groups excluding tert-OH is 2. The van der Waals surface area contributed by atoms with Crippen molar-refractivity contribution in [3.05, 3.63) is 11.8 Å². The van der Waals surface area contributed by atoms with Gasteiger partial charge in [-0.25, -0.2) is 9.69 Å². The van der Waals surface area contributed by atoms with Crippen molar-refractivity contribution in [3.63, 3.8) is 0 Å². The number of Topliss-reactive ketones (excluding diaryl/α,β-unsaturated/α-hetero) is 1. The number of ketones is 1. The molecule has 2 heterocycles. The molecule has 0 spiro atoms. The predicted molar refractivity (Wildman–Crippen MR) is 74.6 cm³/mol. The second kappa shape index (κ2) is 6.68. The minimum Gasteiger partial charge on any atom is -0.369 e. The van der Waals surface area contributed by atoms with Crippen LogP contribution in [0.15, 0.2) is 10.6 Å². The van der Waals surface area contributed by atoms with Gasteiger partial charge < -0.3 is 19.5 Å². The van der Waals surface area contributed by atoms with E-state index in [1.807, 2.05) is 13.8 Å². The number of carbonyl (C=O) groups is 2. The molecule has 1 aromatic heterocycles. The number of aromatic nitrogens is 1. The van der Waals surface area contributed by atoms with Crippen LogP contribution in [0.4, 0.5) is 10.7 Å². The molecule has 2 amide bonds. The molecule has 2 N–H and O–H groups in total. The van der Waals surface area contributed by atoms with Crippen LogP contribution in [0.5, 0.6) is 0 Å². The second-order valence-corrected chi connectivity index (χ2v) is 5.24. The van der Waals surface area contributed by atoms with E-state index < -0.39 is 18.5 Å². The molecular weight excluding hydrogens is 278 g/mol. The predicted octanol–water partition coefficient (Wildman–Crippen LogP) is 0.902. The fourth-order valence-electron chi connectivity index (χ4n) is 1.62. The highest BCUT2D eigenvalue weighted by Crippen LogP contribution is 2.28. The van der Waals surface area contributed by atoms with E-state index in [4.69, 9.17) is 4.52 Å². The largest absolute Gasteiger partial charge is 0.369 e. The van der Waals surface area contributed by atoms with Gasteiger partial charge in [0.15, 0.2) is 12.5 Å². The Morgan fingerprint density at radius 1 is 1.33 bits per heavy atom. The van der Waals surface area contributed by atoms with Gasteiger partial charge in [-0.05, 0) is 19.8 Å². The number of hydrogen-bond donors (Lipinski definition) is 2. The van der Waals surface area contributed by atoms with E-state index in [0.717, 1.165) is 9.80 Å². The van der Waals surface area contributed by atoms with E-state index in [0.29, 0.717) is 5.69 Å². The molecule has 0 aliphatic carbocycles. The summed E-state index contributed by atoms with van der Waals surface area (Å²) in [7, 11) is 1.40. The lowest BCUT2D eigenvalue weighted by atomic mass is 10.1. The standard InChI is InChI=1S/C10H15N3O4.C3H6O/c1-5(2)6-4-7(17-11-6)13-9(15)8(14)12(3)10(13)16;1-3(2)4/h4-5,8-9,14-15H,1-3H3;1-2H3. The van der Waals surface area contributed by atoms with Gasteiger partial charge in [0.1, 0.15) is 5.78 Å². The first kappa shape index (κ1) is 17.1. The molecule has 118 valence electrons. The quantitative estimate of drug-likeness (QED) is 0.840. The number of anilines is 1. The SMILES string of the molecule is CC(C)=O.CC(C)c1cc(N2C(=O)N(C)C(O)C2O)on1. The molecule has 2 unspecified atom stereocenters. The Hall–Kier alpha value is -1.93. The van der Waals surface area contributed by atoms with Crippen LogP contribution < -0.4 is 4.90 Å². The van der Waals surface area contributed by atoms with Gasteiger partial charge in [-0.2, -0.15) is 0 Å². The molecule has 1 aliphatic heterocycles. The summed E-state index contributed by atoms with van der Waals surface area (Å²) in [5.74, 6) is 0.458. The monoisotopic (exact) mass is 299 g/mol. The van der Waals surface area contributed by atoms with Crippen LogP contribution in [0.1, 0.15) is 39.3 Å². The first-order valence-electron chi connectivity index (χ1n) is 6.52. The number of carbonyl (C=O) groups excluding carboxylic acids is 2. The van der Waals surface area contributed by atoms with E-state index in [1.165, 1.54) is 20.9 Å². The number of rotatable bonds is 2. The average Bonchev–Trinajstić information content (AvgIpc) is 2.91. The number of urea groups is 1. The first-order valence-corrected chi connectivity index (χ1v) is 6.52. The molecule has 2 atom stereocenters. The topological polar surface area (TPSA) is 107 Å². The number of hydrogen-bond acceptors (Lipinski definition) is 6. The third-order valence-corrected chi connectivity index (χ3v) is 2.78. The summed E-state index contributed by atoms with van der Waals surface area (Å²) >= 11 is 0. The van der Waals surface area contributed by atoms with Gasteiger partial charge in [-0.3, -0.25) is 4.90 Å². The fourth-order valence-corrected chi connectivity index (χ4v) is 1.62. The summed E-state index contributed by atoms with van der Waals surface area (Å²) in [6, 6.07) is 1.05. The minimum absolute atomic E-state index is 0.134. The Labute approximate surface area is 122 Å². The lowest BCUT2D eigenvalue weighted by Gasteiger charge is -2.14. The molecule has 8 heteroatoms. The van der Waals surface area contributed by atoms with Crippen molar-refractivity contribution < 1.29 is 24.3 Å². The smallest absolute Gasteiger partial charge is 0.331 e. The van der Waals surface area contributed by atoms with Gasteiger partial charge >= 0.3 is 6.03 Å². The van der Waals surface area contributed by atoms with Crippen LogP contribution in [0.2, 0.25) is 0 Å². The van der Waals surface area contributed by atoms with Crippen molar-refractivity contribution in [1.29, 1.82) is 0 Å². The van der Waals surface area contributed by atoms with Crippen molar-refractivity contribution in [2.75, 3.05) is 11.9 Å². The van der Waals surface area contributed by atoms with E-state index in [1.54, 1.807) is 6.07 Å². The minimum atomic E-state index is -1.35. The molecule has 0 radical (unpaired) electrons. The highest BCUT2D eigenvalue weighted by atomic mass is 16.5. The van der Waals surface area contributed by atoms with Crippen LogP contribution in [-0.2, 0) is 4.79 Å². The summed E-state index contributed by atoms with van der Waals surface area (Å²) in [6.07, 6.45) is -2.62. The number of aliphatic hydroxyl groups is 2. The second-order valence-electron chi connectivity index (χ2n) is 5.24. The summed E-state index contributed by atoms with van der Waals surface area (Å²) in [5, 5.41) is 23.1. The summed E-state index contributed by atoms with van der Waals surface area (Å²) < 4.78 is 5.00. The van der Waals surface area contributed by atoms with Crippen LogP contribution in [0.25, 0.3) is 0 Å². The Bertz CT molecular complexity index is 510. The molecule has 1 saturated heterocycles. The first-order chi connectivity index (χ1) is 9.66. The van der Waals surface area contributed by atoms with Crippen molar-refractivity contribution >= 4 is 17.7 Å². The molecule has 0 bridgehead atoms. The molecular formula is C13H21N3O5. The summed E-state index contributed by atoms with van der Waals surface area (Å²) in [5.41, 5.74) is 0.684. The van der Waals surface area contributed by atoms with Gasteiger partial charge in [-0.1, -0.05) is 19.0 Å². The Morgan fingerprint density at radius 3 is 2.19 bits per heavy atom. The zero-order valence-corrected chi connectivity index (χ0v) is 12.8. The lowest BCUT2D eigenvalue weighted by Crippen LogP contribution is -2.36. The van der Waals surface area contributed by atoms with Crippen LogP contribution in [0.3, 0.4) is 0 Å². The molecule has 8 nitrogen and oxygen atoms in total. The van der Waals surface area contributed by atoms with E-state index >= 15 is 0 Å². The maximum absolute atomic E-state index is 11.7. The fraction of sp³-hybridized carbons (Fsp3) is 0.615. The molecule has 21 heavy (non-hydrogen) atoms. The van der Waals surface area contributed by atoms with Crippen molar-refractivity contribution in [2.45, 2.75) is 46.1 Å². The van der Waals surface area contributed by atoms with Crippen molar-refractivity contribution in [1.82, 2.24) is 10.1 Å². The van der Waals surface area contributed by atoms with Crippen molar-refractivity contribution in [2.24, 2.45) is 0 Å². The molecule has 2 rings (SSSR count). The zero-order chi connectivity index (χ0) is 16.3. The van der Waals surface area contributed by atoms with Gasteiger partial charge in [0, 0.05) is 13.1 Å². The van der Waals surface area contributed by atoms with Gasteiger partial charge in [-0.15, -0.1) is 0 Å². The van der Waals surface area contributed by atoms with Crippen LogP contribution in [-0.4, -0.2) is 51.6 Å². The third kappa shape index (κ3) is 3.79. The Balaban J connectivity index is 0.000000491. The summed E-state index contributed by atoms with van der Waals surface area (Å²) in [6.45, 7) is 6.93. The number of amides is 2. The normalized spacial score (nSPS) is 21.6. The van der Waals surface area contributed by atoms with Crippen LogP contribution in [0, 0.1) is 0 Å². The van der Waals surface area contributed by atoms with E-state index in [9.17, 15) is 19.8 Å². The summed E-state index contributed by atoms with van der Waals surface area (Å²) in [4.78, 5) is 23.2. The molecule has 0 saturated carbocycles. The third-order valence-electron chi connectivity index (χ3n) is 2.78. The highest BCUT2D eigenvalue weighted by molar-refractivity contribution is 5.93. The average molecular weight is 299 g/mol. The van der Waals surface area contributed by atoms with Gasteiger partial charge in [0.05, 0.1) is 5.69 Å². The van der Waals surface area contributed by atoms with Crippen LogP contribution >= 0.6 is 0 Å². The Kier molecular flexibility index (Phi) is 5.45. The zero-order valence-electron chi connectivity index (χ0n) is 12.8. The van der Waals surface area contributed by atoms with E-state index in [-0.39, 0.29) is 17.6 Å². The lowest BCUT2D eigenvalue weighted by molar-refractivity contribution is -0.114. The number of nitrogens with zero attached hydrogens (tertiary/aromatic N) is 3. The highest BCUT2D eigenvalue weighted by Gasteiger charge is 2.44. The molecule has 1 aromatic rings. The maximum Gasteiger partial charge on any atom is 0.331 e. The van der Waals surface area contributed by atoms with E-state index in [2.05, 4.69) is 5.16 Å². The maximum atomic E-state index is 11.7. The van der Waals surface area contributed by atoms with Crippen molar-refractivity contribution in [3.8, 4) is 0 Å². The number of likely N-dealkylation sites (N-methyl/N-ethyl adjacent to an activating group) is 1. The Morgan fingerprint density at radius 2 is 1.86 bits per heavy atom. The molecule has 1 aliphatic rings. The molecule has 0 aromatic carbocycles.